The quantitative estimate of drug-likeness (QED) is 0.791. The average molecular weight is 297 g/mol. The van der Waals surface area contributed by atoms with Crippen LogP contribution in [0.2, 0.25) is 0 Å². The Bertz CT molecular complexity index is 594. The Hall–Kier alpha value is -1.40. The van der Waals surface area contributed by atoms with Gasteiger partial charge in [-0.3, -0.25) is 4.79 Å². The molecule has 0 saturated carbocycles. The number of ether oxygens (including phenoxy) is 1. The van der Waals surface area contributed by atoms with E-state index < -0.39 is 22.0 Å². The van der Waals surface area contributed by atoms with Crippen molar-refractivity contribution < 1.29 is 17.9 Å². The lowest BCUT2D eigenvalue weighted by atomic mass is 9.94. The molecule has 110 valence electrons. The molecule has 2 atom stereocenters. The number of hydrogen-bond acceptors (Lipinski definition) is 4. The largest absolute Gasteiger partial charge is 0.465 e. The van der Waals surface area contributed by atoms with Crippen molar-refractivity contribution in [3.05, 3.63) is 29.8 Å². The van der Waals surface area contributed by atoms with Crippen molar-refractivity contribution in [1.82, 2.24) is 4.31 Å². The average Bonchev–Trinajstić information content (AvgIpc) is 2.36. The SMILES string of the molecule is CCOC(=O)[C@H]1[C@@H](C)CN1S(=O)(=O)c1ccc(C)cc1. The lowest BCUT2D eigenvalue weighted by molar-refractivity contribution is -0.154. The highest BCUT2D eigenvalue weighted by Gasteiger charge is 2.48. The third-order valence-electron chi connectivity index (χ3n) is 3.47. The Morgan fingerprint density at radius 2 is 1.95 bits per heavy atom. The molecule has 6 heteroatoms. The zero-order chi connectivity index (χ0) is 14.9. The summed E-state index contributed by atoms with van der Waals surface area (Å²) in [6.45, 7) is 6.05. The second-order valence-corrected chi connectivity index (χ2v) is 6.95. The molecule has 0 radical (unpaired) electrons. The monoisotopic (exact) mass is 297 g/mol. The molecule has 2 rings (SSSR count). The molecule has 1 aliphatic heterocycles. The Morgan fingerprint density at radius 3 is 2.45 bits per heavy atom. The molecule has 0 spiro atoms. The van der Waals surface area contributed by atoms with Gasteiger partial charge < -0.3 is 4.74 Å². The molecular weight excluding hydrogens is 278 g/mol. The lowest BCUT2D eigenvalue weighted by Crippen LogP contribution is -2.61. The Morgan fingerprint density at radius 1 is 1.35 bits per heavy atom. The Kier molecular flexibility index (Phi) is 4.15. The number of esters is 1. The third-order valence-corrected chi connectivity index (χ3v) is 5.33. The first-order valence-corrected chi connectivity index (χ1v) is 8.07. The lowest BCUT2D eigenvalue weighted by Gasteiger charge is -2.43. The van der Waals surface area contributed by atoms with Crippen LogP contribution in [0.5, 0.6) is 0 Å². The highest BCUT2D eigenvalue weighted by atomic mass is 32.2. The Labute approximate surface area is 119 Å². The number of aryl methyl sites for hydroxylation is 1. The van der Waals surface area contributed by atoms with Gasteiger partial charge in [0.25, 0.3) is 0 Å². The summed E-state index contributed by atoms with van der Waals surface area (Å²) < 4.78 is 31.2. The van der Waals surface area contributed by atoms with Gasteiger partial charge in [-0.1, -0.05) is 24.6 Å². The number of sulfonamides is 1. The summed E-state index contributed by atoms with van der Waals surface area (Å²) in [6, 6.07) is 5.91. The van der Waals surface area contributed by atoms with Gasteiger partial charge in [-0.15, -0.1) is 0 Å². The minimum Gasteiger partial charge on any atom is -0.465 e. The summed E-state index contributed by atoms with van der Waals surface area (Å²) in [7, 11) is -3.63. The maximum Gasteiger partial charge on any atom is 0.324 e. The molecule has 0 aromatic heterocycles. The predicted molar refractivity (Wildman–Crippen MR) is 74.7 cm³/mol. The zero-order valence-electron chi connectivity index (χ0n) is 11.9. The molecule has 5 nitrogen and oxygen atoms in total. The molecule has 1 aliphatic rings. The van der Waals surface area contributed by atoms with Gasteiger partial charge in [-0.2, -0.15) is 4.31 Å². The predicted octanol–water partition coefficient (Wildman–Crippen LogP) is 1.57. The van der Waals surface area contributed by atoms with Crippen LogP contribution in [-0.2, 0) is 19.6 Å². The van der Waals surface area contributed by atoms with Crippen LogP contribution < -0.4 is 0 Å². The summed E-state index contributed by atoms with van der Waals surface area (Å²) in [6.07, 6.45) is 0. The van der Waals surface area contributed by atoms with Gasteiger partial charge in [-0.05, 0) is 31.9 Å². The summed E-state index contributed by atoms with van der Waals surface area (Å²) >= 11 is 0. The molecule has 1 aromatic rings. The van der Waals surface area contributed by atoms with Gasteiger partial charge in [0.2, 0.25) is 10.0 Å². The van der Waals surface area contributed by atoms with Crippen LogP contribution in [-0.4, -0.2) is 37.9 Å². The second-order valence-electron chi connectivity index (χ2n) is 5.06. The summed E-state index contributed by atoms with van der Waals surface area (Å²) in [5.74, 6) is -0.490. The van der Waals surface area contributed by atoms with E-state index in [0.717, 1.165) is 5.56 Å². The maximum absolute atomic E-state index is 12.5. The zero-order valence-corrected chi connectivity index (χ0v) is 12.7. The number of benzene rings is 1. The van der Waals surface area contributed by atoms with Crippen molar-refractivity contribution in [3.63, 3.8) is 0 Å². The van der Waals surface area contributed by atoms with E-state index in [1.54, 1.807) is 31.2 Å². The van der Waals surface area contributed by atoms with Gasteiger partial charge in [-0.25, -0.2) is 8.42 Å². The first kappa shape index (κ1) is 15.0. The van der Waals surface area contributed by atoms with Crippen molar-refractivity contribution in [2.24, 2.45) is 5.92 Å². The molecular formula is C14H19NO4S. The van der Waals surface area contributed by atoms with Crippen LogP contribution in [0.15, 0.2) is 29.2 Å². The molecule has 20 heavy (non-hydrogen) atoms. The maximum atomic E-state index is 12.5. The second kappa shape index (κ2) is 5.54. The van der Waals surface area contributed by atoms with E-state index in [1.807, 2.05) is 13.8 Å². The third kappa shape index (κ3) is 2.58. The van der Waals surface area contributed by atoms with Crippen molar-refractivity contribution >= 4 is 16.0 Å². The van der Waals surface area contributed by atoms with Gasteiger partial charge in [0.1, 0.15) is 6.04 Å². The first-order chi connectivity index (χ1) is 9.37. The van der Waals surface area contributed by atoms with E-state index >= 15 is 0 Å². The fourth-order valence-electron chi connectivity index (χ4n) is 2.31. The summed E-state index contributed by atoms with van der Waals surface area (Å²) in [4.78, 5) is 12.1. The molecule has 0 amide bonds. The molecule has 1 saturated heterocycles. The van der Waals surface area contributed by atoms with E-state index in [9.17, 15) is 13.2 Å². The van der Waals surface area contributed by atoms with Crippen LogP contribution in [0, 0.1) is 12.8 Å². The Balaban J connectivity index is 2.26. The first-order valence-electron chi connectivity index (χ1n) is 6.63. The normalized spacial score (nSPS) is 23.1. The smallest absolute Gasteiger partial charge is 0.324 e. The van der Waals surface area contributed by atoms with Crippen molar-refractivity contribution in [2.75, 3.05) is 13.2 Å². The van der Waals surface area contributed by atoms with Crippen molar-refractivity contribution in [2.45, 2.75) is 31.7 Å². The standard InChI is InChI=1S/C14H19NO4S/c1-4-19-14(16)13-11(3)9-15(13)20(17,18)12-7-5-10(2)6-8-12/h5-8,11,13H,4,9H2,1-3H3/t11-,13+/m0/s1. The molecule has 0 bridgehead atoms. The number of hydrogen-bond donors (Lipinski definition) is 0. The van der Waals surface area contributed by atoms with Crippen molar-refractivity contribution in [1.29, 1.82) is 0 Å². The fraction of sp³-hybridized carbons (Fsp3) is 0.500. The topological polar surface area (TPSA) is 63.7 Å². The van der Waals surface area contributed by atoms with Crippen LogP contribution in [0.4, 0.5) is 0 Å². The number of carbonyl (C=O) groups excluding carboxylic acids is 1. The highest BCUT2D eigenvalue weighted by molar-refractivity contribution is 7.89. The minimum absolute atomic E-state index is 0.0192. The molecule has 0 aliphatic carbocycles. The fourth-order valence-corrected chi connectivity index (χ4v) is 4.09. The van der Waals surface area contributed by atoms with E-state index in [-0.39, 0.29) is 17.4 Å². The van der Waals surface area contributed by atoms with Crippen molar-refractivity contribution in [3.8, 4) is 0 Å². The minimum atomic E-state index is -3.63. The van der Waals surface area contributed by atoms with Crippen LogP contribution >= 0.6 is 0 Å². The molecule has 1 fully saturated rings. The van der Waals surface area contributed by atoms with E-state index in [2.05, 4.69) is 0 Å². The number of carbonyl (C=O) groups is 1. The van der Waals surface area contributed by atoms with Crippen LogP contribution in [0.25, 0.3) is 0 Å². The molecule has 0 N–H and O–H groups in total. The van der Waals surface area contributed by atoms with E-state index in [1.165, 1.54) is 4.31 Å². The van der Waals surface area contributed by atoms with Crippen LogP contribution in [0.3, 0.4) is 0 Å². The van der Waals surface area contributed by atoms with E-state index in [0.29, 0.717) is 6.54 Å². The summed E-state index contributed by atoms with van der Waals surface area (Å²) in [5.41, 5.74) is 0.989. The van der Waals surface area contributed by atoms with Gasteiger partial charge in [0.15, 0.2) is 0 Å². The molecule has 1 heterocycles. The summed E-state index contributed by atoms with van der Waals surface area (Å²) in [5, 5.41) is 0. The molecule has 1 aromatic carbocycles. The van der Waals surface area contributed by atoms with E-state index in [4.69, 9.17) is 4.74 Å². The number of rotatable bonds is 4. The van der Waals surface area contributed by atoms with Crippen LogP contribution in [0.1, 0.15) is 19.4 Å². The van der Waals surface area contributed by atoms with Gasteiger partial charge in [0, 0.05) is 6.54 Å². The number of nitrogens with zero attached hydrogens (tertiary/aromatic N) is 1. The van der Waals surface area contributed by atoms with Gasteiger partial charge in [0.05, 0.1) is 11.5 Å². The van der Waals surface area contributed by atoms with Gasteiger partial charge >= 0.3 is 5.97 Å². The molecule has 0 unspecified atom stereocenters. The highest BCUT2D eigenvalue weighted by Crippen LogP contribution is 2.32.